The van der Waals surface area contributed by atoms with Crippen LogP contribution >= 0.6 is 0 Å². The van der Waals surface area contributed by atoms with Gasteiger partial charge in [0, 0.05) is 11.1 Å². The highest BCUT2D eigenvalue weighted by atomic mass is 16.5. The monoisotopic (exact) mass is 314 g/mol. The third-order valence-electron chi connectivity index (χ3n) is 3.35. The van der Waals surface area contributed by atoms with Gasteiger partial charge >= 0.3 is 11.9 Å². The van der Waals surface area contributed by atoms with Crippen molar-refractivity contribution in [3.8, 4) is 0 Å². The Balaban J connectivity index is 2.53. The van der Waals surface area contributed by atoms with Crippen molar-refractivity contribution in [2.24, 2.45) is 0 Å². The summed E-state index contributed by atoms with van der Waals surface area (Å²) < 4.78 is 9.28. The standard InChI is InChI=1S/C17H18N2O4/c1-10-5-8-13-12(7-6-11(2)18-13)16(10)19-14(17(21)23-4)9-15(20)22-3/h5-9,19H,1-4H3/b14-9+. The lowest BCUT2D eigenvalue weighted by Crippen LogP contribution is -2.16. The maximum absolute atomic E-state index is 11.9. The second-order valence-corrected chi connectivity index (χ2v) is 4.97. The molecule has 1 heterocycles. The molecule has 0 bridgehead atoms. The van der Waals surface area contributed by atoms with Crippen LogP contribution in [0.2, 0.25) is 0 Å². The number of carbonyl (C=O) groups is 2. The van der Waals surface area contributed by atoms with Gasteiger partial charge < -0.3 is 14.8 Å². The summed E-state index contributed by atoms with van der Waals surface area (Å²) in [6.45, 7) is 3.80. The van der Waals surface area contributed by atoms with Gasteiger partial charge in [-0.15, -0.1) is 0 Å². The highest BCUT2D eigenvalue weighted by molar-refractivity contribution is 6.02. The van der Waals surface area contributed by atoms with Crippen molar-refractivity contribution >= 4 is 28.5 Å². The van der Waals surface area contributed by atoms with Gasteiger partial charge in [-0.25, -0.2) is 9.59 Å². The molecule has 2 aromatic rings. The first-order valence-electron chi connectivity index (χ1n) is 6.98. The van der Waals surface area contributed by atoms with Crippen molar-refractivity contribution < 1.29 is 19.1 Å². The number of esters is 2. The number of rotatable bonds is 4. The molecule has 0 aliphatic carbocycles. The summed E-state index contributed by atoms with van der Waals surface area (Å²) >= 11 is 0. The number of nitrogens with zero attached hydrogens (tertiary/aromatic N) is 1. The summed E-state index contributed by atoms with van der Waals surface area (Å²) in [5, 5.41) is 3.81. The average molecular weight is 314 g/mol. The molecule has 0 aliphatic heterocycles. The zero-order valence-corrected chi connectivity index (χ0v) is 13.5. The van der Waals surface area contributed by atoms with E-state index in [0.29, 0.717) is 5.69 Å². The van der Waals surface area contributed by atoms with Crippen LogP contribution in [-0.2, 0) is 19.1 Å². The van der Waals surface area contributed by atoms with Gasteiger partial charge in [0.2, 0.25) is 0 Å². The maximum Gasteiger partial charge on any atom is 0.354 e. The Kier molecular flexibility index (Phi) is 4.95. The molecule has 6 nitrogen and oxygen atoms in total. The SMILES string of the molecule is COC(=O)/C=C(/Nc1c(C)ccc2nc(C)ccc12)C(=O)OC. The van der Waals surface area contributed by atoms with Crippen LogP contribution in [0, 0.1) is 13.8 Å². The Hall–Kier alpha value is -2.89. The first kappa shape index (κ1) is 16.5. The summed E-state index contributed by atoms with van der Waals surface area (Å²) in [5.74, 6) is -1.31. The molecule has 0 saturated carbocycles. The lowest BCUT2D eigenvalue weighted by molar-refractivity contribution is -0.138. The molecule has 1 aromatic carbocycles. The van der Waals surface area contributed by atoms with Crippen LogP contribution in [0.1, 0.15) is 11.3 Å². The van der Waals surface area contributed by atoms with E-state index in [-0.39, 0.29) is 5.70 Å². The van der Waals surface area contributed by atoms with E-state index in [2.05, 4.69) is 15.0 Å². The van der Waals surface area contributed by atoms with E-state index in [1.54, 1.807) is 0 Å². The number of pyridine rings is 1. The fourth-order valence-corrected chi connectivity index (χ4v) is 2.15. The third kappa shape index (κ3) is 3.66. The van der Waals surface area contributed by atoms with Crippen LogP contribution in [0.15, 0.2) is 36.0 Å². The van der Waals surface area contributed by atoms with Crippen molar-refractivity contribution in [3.63, 3.8) is 0 Å². The number of hydrogen-bond acceptors (Lipinski definition) is 6. The summed E-state index contributed by atoms with van der Waals surface area (Å²) in [6, 6.07) is 7.60. The Morgan fingerprint density at radius 1 is 1.09 bits per heavy atom. The van der Waals surface area contributed by atoms with Crippen molar-refractivity contribution in [2.75, 3.05) is 19.5 Å². The van der Waals surface area contributed by atoms with E-state index < -0.39 is 11.9 Å². The molecule has 0 fully saturated rings. The second-order valence-electron chi connectivity index (χ2n) is 4.97. The highest BCUT2D eigenvalue weighted by Gasteiger charge is 2.15. The van der Waals surface area contributed by atoms with Gasteiger partial charge in [0.1, 0.15) is 5.70 Å². The largest absolute Gasteiger partial charge is 0.466 e. The predicted molar refractivity (Wildman–Crippen MR) is 87.0 cm³/mol. The zero-order chi connectivity index (χ0) is 17.0. The predicted octanol–water partition coefficient (Wildman–Crippen LogP) is 2.49. The van der Waals surface area contributed by atoms with Crippen LogP contribution in [-0.4, -0.2) is 31.1 Å². The van der Waals surface area contributed by atoms with Gasteiger partial charge in [0.15, 0.2) is 0 Å². The van der Waals surface area contributed by atoms with Gasteiger partial charge in [0.05, 0.1) is 31.5 Å². The minimum absolute atomic E-state index is 0.00414. The number of carbonyl (C=O) groups excluding carboxylic acids is 2. The summed E-state index contributed by atoms with van der Waals surface area (Å²) in [4.78, 5) is 27.8. The zero-order valence-electron chi connectivity index (χ0n) is 13.5. The number of benzene rings is 1. The van der Waals surface area contributed by atoms with E-state index in [0.717, 1.165) is 28.2 Å². The van der Waals surface area contributed by atoms with E-state index in [4.69, 9.17) is 4.74 Å². The molecule has 0 unspecified atom stereocenters. The normalized spacial score (nSPS) is 11.2. The van der Waals surface area contributed by atoms with Crippen LogP contribution in [0.5, 0.6) is 0 Å². The number of aromatic nitrogens is 1. The fourth-order valence-electron chi connectivity index (χ4n) is 2.15. The number of methoxy groups -OCH3 is 2. The Morgan fingerprint density at radius 3 is 2.48 bits per heavy atom. The molecule has 6 heteroatoms. The van der Waals surface area contributed by atoms with Crippen LogP contribution in [0.4, 0.5) is 5.69 Å². The van der Waals surface area contributed by atoms with Gasteiger partial charge in [-0.3, -0.25) is 4.98 Å². The van der Waals surface area contributed by atoms with Crippen molar-refractivity contribution in [3.05, 3.63) is 47.3 Å². The van der Waals surface area contributed by atoms with Crippen molar-refractivity contribution in [2.45, 2.75) is 13.8 Å². The number of fused-ring (bicyclic) bond motifs is 1. The van der Waals surface area contributed by atoms with E-state index in [9.17, 15) is 9.59 Å². The molecule has 0 aliphatic rings. The number of aryl methyl sites for hydroxylation is 2. The van der Waals surface area contributed by atoms with E-state index in [1.807, 2.05) is 38.1 Å². The molecule has 0 atom stereocenters. The molecular weight excluding hydrogens is 296 g/mol. The van der Waals surface area contributed by atoms with Crippen LogP contribution < -0.4 is 5.32 Å². The molecule has 1 aromatic heterocycles. The molecule has 0 radical (unpaired) electrons. The Bertz CT molecular complexity index is 797. The third-order valence-corrected chi connectivity index (χ3v) is 3.35. The van der Waals surface area contributed by atoms with Crippen molar-refractivity contribution in [1.29, 1.82) is 0 Å². The molecule has 1 N–H and O–H groups in total. The minimum Gasteiger partial charge on any atom is -0.466 e. The maximum atomic E-state index is 11.9. The smallest absolute Gasteiger partial charge is 0.354 e. The molecule has 120 valence electrons. The van der Waals surface area contributed by atoms with Gasteiger partial charge in [-0.1, -0.05) is 6.07 Å². The topological polar surface area (TPSA) is 77.5 Å². The summed E-state index contributed by atoms with van der Waals surface area (Å²) in [6.07, 6.45) is 1.06. The van der Waals surface area contributed by atoms with Crippen molar-refractivity contribution in [1.82, 2.24) is 4.98 Å². The minimum atomic E-state index is -0.660. The second kappa shape index (κ2) is 6.91. The molecular formula is C17H18N2O4. The first-order valence-corrected chi connectivity index (χ1v) is 6.98. The van der Waals surface area contributed by atoms with E-state index in [1.165, 1.54) is 14.2 Å². The average Bonchev–Trinajstić information content (AvgIpc) is 2.55. The van der Waals surface area contributed by atoms with E-state index >= 15 is 0 Å². The Labute approximate surface area is 134 Å². The Morgan fingerprint density at radius 2 is 1.83 bits per heavy atom. The number of anilines is 1. The number of hydrogen-bond donors (Lipinski definition) is 1. The molecule has 0 saturated heterocycles. The fraction of sp³-hybridized carbons (Fsp3) is 0.235. The highest BCUT2D eigenvalue weighted by Crippen LogP contribution is 2.27. The molecule has 0 amide bonds. The molecule has 2 rings (SSSR count). The first-order chi connectivity index (χ1) is 11.0. The number of nitrogens with one attached hydrogen (secondary N) is 1. The lowest BCUT2D eigenvalue weighted by Gasteiger charge is -2.14. The molecule has 0 spiro atoms. The van der Waals surface area contributed by atoms with Gasteiger partial charge in [-0.05, 0) is 37.6 Å². The summed E-state index contributed by atoms with van der Waals surface area (Å²) in [7, 11) is 2.49. The van der Waals surface area contributed by atoms with Crippen LogP contribution in [0.3, 0.4) is 0 Å². The summed E-state index contributed by atoms with van der Waals surface area (Å²) in [5.41, 5.74) is 3.28. The lowest BCUT2D eigenvalue weighted by atomic mass is 10.1. The molecule has 23 heavy (non-hydrogen) atoms. The number of ether oxygens (including phenoxy) is 2. The van der Waals surface area contributed by atoms with Gasteiger partial charge in [0.25, 0.3) is 0 Å². The van der Waals surface area contributed by atoms with Crippen LogP contribution in [0.25, 0.3) is 10.9 Å². The van der Waals surface area contributed by atoms with Gasteiger partial charge in [-0.2, -0.15) is 0 Å². The quantitative estimate of drug-likeness (QED) is 0.690.